The average Bonchev–Trinajstić information content (AvgIpc) is 2.87. The molecule has 0 aliphatic carbocycles. The number of esters is 1. The third-order valence-corrected chi connectivity index (χ3v) is 6.80. The zero-order valence-corrected chi connectivity index (χ0v) is 17.1. The number of sulfonamides is 1. The van der Waals surface area contributed by atoms with E-state index in [1.165, 1.54) is 0 Å². The van der Waals surface area contributed by atoms with Gasteiger partial charge in [-0.2, -0.15) is 8.42 Å². The van der Waals surface area contributed by atoms with Crippen molar-refractivity contribution in [2.75, 3.05) is 19.7 Å². The predicted molar refractivity (Wildman–Crippen MR) is 106 cm³/mol. The van der Waals surface area contributed by atoms with Gasteiger partial charge in [0.1, 0.15) is 10.7 Å². The van der Waals surface area contributed by atoms with Crippen molar-refractivity contribution in [2.45, 2.75) is 40.5 Å². The molecule has 2 aliphatic rings. The van der Waals surface area contributed by atoms with Gasteiger partial charge in [-0.1, -0.05) is 18.2 Å². The summed E-state index contributed by atoms with van der Waals surface area (Å²) in [7, 11) is -3.72. The van der Waals surface area contributed by atoms with E-state index < -0.39 is 10.0 Å². The summed E-state index contributed by atoms with van der Waals surface area (Å²) in [4.78, 5) is 14.2. The molecule has 0 amide bonds. The minimum Gasteiger partial charge on any atom is -0.466 e. The van der Waals surface area contributed by atoms with E-state index in [0.29, 0.717) is 49.5 Å². The summed E-state index contributed by atoms with van der Waals surface area (Å²) >= 11 is 0. The Morgan fingerprint density at radius 1 is 1.19 bits per heavy atom. The van der Waals surface area contributed by atoms with E-state index in [0.717, 1.165) is 11.1 Å². The second kappa shape index (κ2) is 7.46. The summed E-state index contributed by atoms with van der Waals surface area (Å²) in [5.74, 6) is 0.218. The first-order valence-electron chi connectivity index (χ1n) is 9.30. The van der Waals surface area contributed by atoms with E-state index in [2.05, 4.69) is 4.40 Å². The van der Waals surface area contributed by atoms with Gasteiger partial charge in [-0.3, -0.25) is 4.79 Å². The highest BCUT2D eigenvalue weighted by molar-refractivity contribution is 8.00. The quantitative estimate of drug-likeness (QED) is 0.742. The van der Waals surface area contributed by atoms with Crippen molar-refractivity contribution in [1.29, 1.82) is 0 Å². The van der Waals surface area contributed by atoms with Gasteiger partial charge in [0, 0.05) is 18.7 Å². The number of hydrogen-bond acceptors (Lipinski definition) is 5. The third kappa shape index (κ3) is 3.78. The topological polar surface area (TPSA) is 76.0 Å². The lowest BCUT2D eigenvalue weighted by molar-refractivity contribution is -0.149. The number of hydrogen-bond donors (Lipinski definition) is 0. The molecule has 3 rings (SSSR count). The number of piperidine rings is 1. The smallest absolute Gasteiger partial charge is 0.309 e. The molecule has 0 unspecified atom stereocenters. The number of benzene rings is 1. The van der Waals surface area contributed by atoms with Crippen LogP contribution in [0.15, 0.2) is 28.2 Å². The molecule has 0 radical (unpaired) electrons. The number of likely N-dealkylation sites (tertiary alicyclic amines) is 1. The van der Waals surface area contributed by atoms with E-state index in [9.17, 15) is 13.2 Å². The summed E-state index contributed by atoms with van der Waals surface area (Å²) in [6, 6.07) is 5.67. The van der Waals surface area contributed by atoms with Gasteiger partial charge >= 0.3 is 5.97 Å². The van der Waals surface area contributed by atoms with Crippen molar-refractivity contribution in [2.24, 2.45) is 10.3 Å². The molecule has 6 nitrogen and oxygen atoms in total. The molecule has 0 aromatic heterocycles. The molecule has 146 valence electrons. The van der Waals surface area contributed by atoms with Gasteiger partial charge in [-0.15, -0.1) is 4.40 Å². The molecule has 1 saturated heterocycles. The first-order chi connectivity index (χ1) is 12.7. The van der Waals surface area contributed by atoms with E-state index in [1.807, 2.05) is 43.9 Å². The molecular weight excluding hydrogens is 364 g/mol. The summed E-state index contributed by atoms with van der Waals surface area (Å²) in [6.07, 6.45) is 1.29. The maximum Gasteiger partial charge on any atom is 0.309 e. The minimum atomic E-state index is -3.72. The van der Waals surface area contributed by atoms with Crippen molar-refractivity contribution in [3.63, 3.8) is 0 Å². The highest BCUT2D eigenvalue weighted by atomic mass is 32.2. The molecule has 2 aliphatic heterocycles. The Morgan fingerprint density at radius 3 is 2.44 bits per heavy atom. The Bertz CT molecular complexity index is 923. The van der Waals surface area contributed by atoms with E-state index in [-0.39, 0.29) is 16.8 Å². The van der Waals surface area contributed by atoms with Crippen LogP contribution in [0.1, 0.15) is 43.4 Å². The number of ether oxygens (including phenoxy) is 1. The molecule has 0 N–H and O–H groups in total. The van der Waals surface area contributed by atoms with Crippen LogP contribution in [0, 0.1) is 19.8 Å². The molecule has 0 saturated carbocycles. The number of carbonyl (C=O) groups excluding carboxylic acids is 1. The Hall–Kier alpha value is -2.15. The SMILES string of the molecule is CCOC(=O)C1CCN(C2=NS(=O)(=O)C(c3ccc(C)c(C)c3)=C2C)CC1. The maximum atomic E-state index is 12.7. The van der Waals surface area contributed by atoms with Crippen LogP contribution < -0.4 is 0 Å². The zero-order chi connectivity index (χ0) is 19.8. The van der Waals surface area contributed by atoms with Crippen LogP contribution in [0.4, 0.5) is 0 Å². The Labute approximate surface area is 161 Å². The molecule has 1 aromatic carbocycles. The van der Waals surface area contributed by atoms with Crippen LogP contribution in [0.2, 0.25) is 0 Å². The maximum absolute atomic E-state index is 12.7. The highest BCUT2D eigenvalue weighted by Crippen LogP contribution is 2.35. The van der Waals surface area contributed by atoms with Crippen LogP contribution in [-0.2, 0) is 19.6 Å². The van der Waals surface area contributed by atoms with Gasteiger partial charge in [0.25, 0.3) is 10.0 Å². The summed E-state index contributed by atoms with van der Waals surface area (Å²) < 4.78 is 34.6. The molecule has 7 heteroatoms. The zero-order valence-electron chi connectivity index (χ0n) is 16.3. The van der Waals surface area contributed by atoms with Gasteiger partial charge in [-0.05, 0) is 57.2 Å². The van der Waals surface area contributed by atoms with Crippen LogP contribution in [0.5, 0.6) is 0 Å². The van der Waals surface area contributed by atoms with Gasteiger partial charge < -0.3 is 9.64 Å². The summed E-state index contributed by atoms with van der Waals surface area (Å²) in [6.45, 7) is 9.15. The first kappa shape index (κ1) is 19.6. The minimum absolute atomic E-state index is 0.122. The summed E-state index contributed by atoms with van der Waals surface area (Å²) in [5, 5.41) is 0. The first-order valence-corrected chi connectivity index (χ1v) is 10.7. The molecular formula is C20H26N2O4S. The Kier molecular flexibility index (Phi) is 5.42. The lowest BCUT2D eigenvalue weighted by atomic mass is 9.96. The van der Waals surface area contributed by atoms with E-state index in [1.54, 1.807) is 6.92 Å². The Morgan fingerprint density at radius 2 is 1.85 bits per heavy atom. The molecule has 0 spiro atoms. The number of carbonyl (C=O) groups is 1. The van der Waals surface area contributed by atoms with Crippen molar-refractivity contribution in [1.82, 2.24) is 4.90 Å². The number of amidine groups is 1. The largest absolute Gasteiger partial charge is 0.466 e. The van der Waals surface area contributed by atoms with Crippen LogP contribution in [0.25, 0.3) is 4.91 Å². The van der Waals surface area contributed by atoms with Gasteiger partial charge in [0.05, 0.1) is 12.5 Å². The number of aryl methyl sites for hydroxylation is 2. The van der Waals surface area contributed by atoms with E-state index >= 15 is 0 Å². The molecule has 0 bridgehead atoms. The molecule has 1 aromatic rings. The lowest BCUT2D eigenvalue weighted by Crippen LogP contribution is -2.40. The lowest BCUT2D eigenvalue weighted by Gasteiger charge is -2.32. The van der Waals surface area contributed by atoms with Crippen molar-refractivity contribution in [3.8, 4) is 0 Å². The van der Waals surface area contributed by atoms with Crippen LogP contribution in [0.3, 0.4) is 0 Å². The monoisotopic (exact) mass is 390 g/mol. The molecule has 2 heterocycles. The fourth-order valence-corrected chi connectivity index (χ4v) is 5.13. The predicted octanol–water partition coefficient (Wildman–Crippen LogP) is 3.05. The highest BCUT2D eigenvalue weighted by Gasteiger charge is 2.36. The van der Waals surface area contributed by atoms with Crippen LogP contribution >= 0.6 is 0 Å². The third-order valence-electron chi connectivity index (χ3n) is 5.32. The fraction of sp³-hybridized carbons (Fsp3) is 0.500. The van der Waals surface area contributed by atoms with E-state index in [4.69, 9.17) is 4.74 Å². The fourth-order valence-electron chi connectivity index (χ4n) is 3.65. The normalized spacial score (nSPS) is 20.0. The molecule has 0 atom stereocenters. The van der Waals surface area contributed by atoms with Crippen molar-refractivity contribution >= 4 is 26.7 Å². The van der Waals surface area contributed by atoms with Crippen LogP contribution in [-0.4, -0.2) is 44.8 Å². The second-order valence-corrected chi connectivity index (χ2v) is 8.70. The standard InChI is InChI=1S/C20H26N2O4S/c1-5-26-20(23)16-8-10-22(11-9-16)19-15(4)18(27(24,25)21-19)17-7-6-13(2)14(3)12-17/h6-7,12,16H,5,8-11H2,1-4H3. The van der Waals surface area contributed by atoms with Crippen molar-refractivity contribution < 1.29 is 17.9 Å². The van der Waals surface area contributed by atoms with Crippen molar-refractivity contribution in [3.05, 3.63) is 40.5 Å². The number of nitrogens with zero attached hydrogens (tertiary/aromatic N) is 2. The molecule has 1 fully saturated rings. The van der Waals surface area contributed by atoms with Gasteiger partial charge in [0.15, 0.2) is 0 Å². The van der Waals surface area contributed by atoms with Gasteiger partial charge in [-0.25, -0.2) is 0 Å². The van der Waals surface area contributed by atoms with Gasteiger partial charge in [0.2, 0.25) is 0 Å². The Balaban J connectivity index is 1.84. The second-order valence-electron chi connectivity index (χ2n) is 7.16. The molecule has 27 heavy (non-hydrogen) atoms. The number of rotatable bonds is 3. The summed E-state index contributed by atoms with van der Waals surface area (Å²) in [5.41, 5.74) is 3.52. The average molecular weight is 391 g/mol.